The summed E-state index contributed by atoms with van der Waals surface area (Å²) >= 11 is 1.87. The molecule has 7 nitrogen and oxygen atoms in total. The lowest BCUT2D eigenvalue weighted by molar-refractivity contribution is 0.199. The zero-order valence-electron chi connectivity index (χ0n) is 17.3. The van der Waals surface area contributed by atoms with Crippen LogP contribution in [0.2, 0.25) is 0 Å². The first-order valence-electron chi connectivity index (χ1n) is 10.7. The lowest BCUT2D eigenvalue weighted by Crippen LogP contribution is -2.33. The van der Waals surface area contributed by atoms with Crippen molar-refractivity contribution < 1.29 is 0 Å². The van der Waals surface area contributed by atoms with E-state index in [1.165, 1.54) is 36.4 Å². The quantitative estimate of drug-likeness (QED) is 0.638. The summed E-state index contributed by atoms with van der Waals surface area (Å²) < 4.78 is 1.93. The van der Waals surface area contributed by atoms with Gasteiger partial charge < -0.3 is 4.90 Å². The van der Waals surface area contributed by atoms with Gasteiger partial charge in [-0.1, -0.05) is 12.8 Å². The Balaban J connectivity index is 1.23. The lowest BCUT2D eigenvalue weighted by atomic mass is 9.96. The molecule has 1 saturated heterocycles. The number of hydrogen-bond acceptors (Lipinski definition) is 7. The van der Waals surface area contributed by atoms with Crippen LogP contribution in [0, 0.1) is 0 Å². The monoisotopic (exact) mass is 411 g/mol. The van der Waals surface area contributed by atoms with Crippen molar-refractivity contribution in [3.63, 3.8) is 0 Å². The molecule has 2 fully saturated rings. The second-order valence-electron chi connectivity index (χ2n) is 8.62. The molecule has 0 spiro atoms. The highest BCUT2D eigenvalue weighted by molar-refractivity contribution is 7.09. The van der Waals surface area contributed by atoms with E-state index in [0.717, 1.165) is 55.7 Å². The molecule has 1 saturated carbocycles. The van der Waals surface area contributed by atoms with Gasteiger partial charge in [-0.15, -0.1) is 26.6 Å². The molecule has 29 heavy (non-hydrogen) atoms. The first-order valence-corrected chi connectivity index (χ1v) is 11.6. The van der Waals surface area contributed by atoms with Crippen LogP contribution in [0.15, 0.2) is 17.5 Å². The number of rotatable bonds is 5. The smallest absolute Gasteiger partial charge is 0.178 e. The van der Waals surface area contributed by atoms with Crippen LogP contribution in [0.25, 0.3) is 5.65 Å². The Morgan fingerprint density at radius 3 is 2.59 bits per heavy atom. The largest absolute Gasteiger partial charge is 0.361 e. The van der Waals surface area contributed by atoms with Crippen molar-refractivity contribution in [1.82, 2.24) is 29.7 Å². The number of hydrogen-bond donors (Lipinski definition) is 0. The Morgan fingerprint density at radius 1 is 1.03 bits per heavy atom. The minimum absolute atomic E-state index is 0.413. The number of piperidine rings is 1. The van der Waals surface area contributed by atoms with Crippen molar-refractivity contribution in [2.75, 3.05) is 32.1 Å². The fraction of sp³-hybridized carbons (Fsp3) is 0.619. The average Bonchev–Trinajstić information content (AvgIpc) is 3.48. The highest BCUT2D eigenvalue weighted by Gasteiger charge is 2.26. The van der Waals surface area contributed by atoms with Gasteiger partial charge in [0.2, 0.25) is 0 Å². The lowest BCUT2D eigenvalue weighted by Gasteiger charge is -2.30. The molecule has 3 aromatic rings. The van der Waals surface area contributed by atoms with E-state index in [4.69, 9.17) is 10.1 Å². The summed E-state index contributed by atoms with van der Waals surface area (Å²) in [5.41, 5.74) is 2.08. The third kappa shape index (κ3) is 3.88. The first kappa shape index (κ1) is 18.9. The maximum atomic E-state index is 4.96. The van der Waals surface area contributed by atoms with Gasteiger partial charge in [0.25, 0.3) is 0 Å². The molecular weight excluding hydrogens is 382 g/mol. The van der Waals surface area contributed by atoms with Crippen LogP contribution in [0.5, 0.6) is 0 Å². The van der Waals surface area contributed by atoms with Crippen LogP contribution >= 0.6 is 11.3 Å². The van der Waals surface area contributed by atoms with Crippen LogP contribution in [0.4, 0.5) is 5.82 Å². The minimum Gasteiger partial charge on any atom is -0.361 e. The Kier molecular flexibility index (Phi) is 5.22. The van der Waals surface area contributed by atoms with E-state index in [-0.39, 0.29) is 0 Å². The minimum atomic E-state index is 0.413. The normalized spacial score (nSPS) is 19.4. The van der Waals surface area contributed by atoms with Gasteiger partial charge in [0.15, 0.2) is 11.5 Å². The van der Waals surface area contributed by atoms with Gasteiger partial charge in [0.05, 0.1) is 10.7 Å². The molecule has 0 N–H and O–H groups in total. The maximum Gasteiger partial charge on any atom is 0.178 e. The fourth-order valence-electron chi connectivity index (χ4n) is 4.62. The van der Waals surface area contributed by atoms with Crippen LogP contribution in [-0.4, -0.2) is 56.9 Å². The zero-order chi connectivity index (χ0) is 19.8. The summed E-state index contributed by atoms with van der Waals surface area (Å²) in [5.74, 6) is 3.06. The highest BCUT2D eigenvalue weighted by Crippen LogP contribution is 2.36. The molecule has 0 aromatic carbocycles. The second-order valence-corrected chi connectivity index (χ2v) is 9.51. The molecule has 0 bridgehead atoms. The summed E-state index contributed by atoms with van der Waals surface area (Å²) in [6.07, 6.45) is 7.58. The van der Waals surface area contributed by atoms with Crippen molar-refractivity contribution >= 4 is 22.8 Å². The Morgan fingerprint density at radius 2 is 1.83 bits per heavy atom. The van der Waals surface area contributed by atoms with E-state index in [9.17, 15) is 0 Å². The summed E-state index contributed by atoms with van der Waals surface area (Å²) in [5, 5.41) is 17.2. The van der Waals surface area contributed by atoms with E-state index in [1.54, 1.807) is 0 Å². The molecule has 0 amide bonds. The van der Waals surface area contributed by atoms with Crippen molar-refractivity contribution in [3.8, 4) is 0 Å². The number of anilines is 1. The molecule has 5 rings (SSSR count). The average molecular weight is 412 g/mol. The summed E-state index contributed by atoms with van der Waals surface area (Å²) in [7, 11) is 4.01. The first-order chi connectivity index (χ1) is 14.2. The topological polar surface area (TPSA) is 62.5 Å². The van der Waals surface area contributed by atoms with Crippen molar-refractivity contribution in [1.29, 1.82) is 0 Å². The van der Waals surface area contributed by atoms with Crippen LogP contribution in [0.3, 0.4) is 0 Å². The third-order valence-corrected chi connectivity index (χ3v) is 7.40. The van der Waals surface area contributed by atoms with Gasteiger partial charge >= 0.3 is 0 Å². The third-order valence-electron chi connectivity index (χ3n) is 6.34. The summed E-state index contributed by atoms with van der Waals surface area (Å²) in [6.45, 7) is 3.12. The van der Waals surface area contributed by atoms with E-state index in [2.05, 4.69) is 20.5 Å². The Labute approximate surface area is 175 Å². The Hall–Kier alpha value is -2.06. The van der Waals surface area contributed by atoms with Crippen LogP contribution in [0.1, 0.15) is 66.9 Å². The van der Waals surface area contributed by atoms with Gasteiger partial charge in [-0.3, -0.25) is 4.90 Å². The van der Waals surface area contributed by atoms with Crippen molar-refractivity contribution in [2.45, 2.75) is 56.9 Å². The fourth-order valence-corrected chi connectivity index (χ4v) is 5.60. The maximum absolute atomic E-state index is 4.96. The van der Waals surface area contributed by atoms with E-state index in [1.807, 2.05) is 47.0 Å². The van der Waals surface area contributed by atoms with Crippen LogP contribution in [-0.2, 0) is 6.54 Å². The number of fused-ring (bicyclic) bond motifs is 1. The SMILES string of the molecule is CN(C)c1ccc2nnc(C3CCN(Cc4csc(C5CCCC5)n4)CC3)n2n1. The second kappa shape index (κ2) is 7.99. The molecule has 4 heterocycles. The predicted molar refractivity (Wildman–Crippen MR) is 116 cm³/mol. The van der Waals surface area contributed by atoms with Gasteiger partial charge in [-0.05, 0) is 50.9 Å². The molecule has 2 aliphatic rings. The van der Waals surface area contributed by atoms with Gasteiger partial charge in [0, 0.05) is 37.9 Å². The van der Waals surface area contributed by atoms with Crippen molar-refractivity contribution in [3.05, 3.63) is 34.0 Å². The number of likely N-dealkylation sites (tertiary alicyclic amines) is 1. The Bertz CT molecular complexity index is 964. The molecule has 1 aliphatic heterocycles. The van der Waals surface area contributed by atoms with E-state index < -0.39 is 0 Å². The molecule has 8 heteroatoms. The van der Waals surface area contributed by atoms with Gasteiger partial charge in [-0.25, -0.2) is 4.98 Å². The van der Waals surface area contributed by atoms with E-state index >= 15 is 0 Å². The van der Waals surface area contributed by atoms with Crippen LogP contribution < -0.4 is 4.90 Å². The van der Waals surface area contributed by atoms with Crippen molar-refractivity contribution in [2.24, 2.45) is 0 Å². The molecular formula is C21H29N7S. The summed E-state index contributed by atoms with van der Waals surface area (Å²) in [4.78, 5) is 9.51. The number of aromatic nitrogens is 5. The standard InChI is InChI=1S/C21H29N7S/c1-26(2)19-8-7-18-23-24-20(28(18)25-19)15-9-11-27(12-10-15)13-17-14-29-21(22-17)16-5-3-4-6-16/h7-8,14-16H,3-6,9-13H2,1-2H3. The summed E-state index contributed by atoms with van der Waals surface area (Å²) in [6, 6.07) is 3.99. The van der Waals surface area contributed by atoms with E-state index in [0.29, 0.717) is 5.92 Å². The zero-order valence-corrected chi connectivity index (χ0v) is 18.1. The molecule has 0 unspecified atom stereocenters. The number of thiazole rings is 1. The molecule has 0 atom stereocenters. The van der Waals surface area contributed by atoms with Gasteiger partial charge in [0.1, 0.15) is 5.82 Å². The van der Waals surface area contributed by atoms with Gasteiger partial charge in [-0.2, -0.15) is 4.52 Å². The predicted octanol–water partition coefficient (Wildman–Crippen LogP) is 3.68. The molecule has 0 radical (unpaired) electrons. The highest BCUT2D eigenvalue weighted by atomic mass is 32.1. The number of nitrogens with zero attached hydrogens (tertiary/aromatic N) is 7. The molecule has 1 aliphatic carbocycles. The molecule has 154 valence electrons. The molecule has 3 aromatic heterocycles.